The van der Waals surface area contributed by atoms with Crippen LogP contribution >= 0.6 is 0 Å². The zero-order valence-electron chi connectivity index (χ0n) is 22.9. The van der Waals surface area contributed by atoms with Gasteiger partial charge in [0.1, 0.15) is 18.4 Å². The third-order valence-electron chi connectivity index (χ3n) is 6.32. The Hall–Kier alpha value is -3.55. The van der Waals surface area contributed by atoms with E-state index in [4.69, 9.17) is 9.47 Å². The molecule has 2 aromatic carbocycles. The second kappa shape index (κ2) is 14.4. The quantitative estimate of drug-likeness (QED) is 0.418. The van der Waals surface area contributed by atoms with E-state index in [1.165, 1.54) is 0 Å². The molecule has 0 aromatic heterocycles. The maximum atomic E-state index is 13.5. The number of rotatable bonds is 12. The summed E-state index contributed by atoms with van der Waals surface area (Å²) < 4.78 is 11.2. The van der Waals surface area contributed by atoms with Gasteiger partial charge in [0.25, 0.3) is 0 Å². The molecule has 3 rings (SSSR count). The Labute approximate surface area is 226 Å². The monoisotopic (exact) mass is 523 g/mol. The molecule has 0 spiro atoms. The van der Waals surface area contributed by atoms with E-state index < -0.39 is 18.2 Å². The standard InChI is InChI=1S/C30H41N3O5/c1-21(2)17-24(27(34)19-33-15-10-16-37-28-14-9-8-13-26(28)33)31-29(35)25(18-22(3)4)32-30(36)38-20-23-11-6-5-7-12-23/h5-9,11-14,21-22,24-25H,10,15-20H2,1-4H3,(H,31,35)(H,32,36)/t24-,25-/m0/s1. The Morgan fingerprint density at radius 2 is 1.55 bits per heavy atom. The summed E-state index contributed by atoms with van der Waals surface area (Å²) in [6.45, 7) is 9.56. The Morgan fingerprint density at radius 3 is 2.26 bits per heavy atom. The van der Waals surface area contributed by atoms with E-state index in [-0.39, 0.29) is 36.7 Å². The van der Waals surface area contributed by atoms with Crippen LogP contribution < -0.4 is 20.3 Å². The number of benzene rings is 2. The van der Waals surface area contributed by atoms with Gasteiger partial charge in [-0.25, -0.2) is 4.79 Å². The van der Waals surface area contributed by atoms with Crippen LogP contribution in [-0.2, 0) is 20.9 Å². The second-order valence-electron chi connectivity index (χ2n) is 10.6. The molecule has 1 aliphatic rings. The molecule has 8 heteroatoms. The van der Waals surface area contributed by atoms with Gasteiger partial charge in [-0.3, -0.25) is 9.59 Å². The maximum absolute atomic E-state index is 13.5. The average Bonchev–Trinajstić information content (AvgIpc) is 3.09. The molecule has 2 aromatic rings. The molecule has 2 amide bonds. The number of amides is 2. The van der Waals surface area contributed by atoms with Crippen LogP contribution in [0.3, 0.4) is 0 Å². The molecule has 0 saturated heterocycles. The van der Waals surface area contributed by atoms with Crippen molar-refractivity contribution in [1.29, 1.82) is 0 Å². The summed E-state index contributed by atoms with van der Waals surface area (Å²) in [5.41, 5.74) is 1.74. The highest BCUT2D eigenvalue weighted by Gasteiger charge is 2.30. The predicted molar refractivity (Wildman–Crippen MR) is 148 cm³/mol. The number of carbonyl (C=O) groups is 3. The molecule has 1 aliphatic heterocycles. The van der Waals surface area contributed by atoms with E-state index in [0.29, 0.717) is 26.0 Å². The first-order chi connectivity index (χ1) is 18.2. The van der Waals surface area contributed by atoms with Crippen LogP contribution in [0.15, 0.2) is 54.6 Å². The maximum Gasteiger partial charge on any atom is 0.408 e. The lowest BCUT2D eigenvalue weighted by Gasteiger charge is -2.28. The van der Waals surface area contributed by atoms with Crippen LogP contribution in [0.25, 0.3) is 0 Å². The molecular weight excluding hydrogens is 482 g/mol. The van der Waals surface area contributed by atoms with Crippen molar-refractivity contribution in [2.75, 3.05) is 24.6 Å². The van der Waals surface area contributed by atoms with Crippen LogP contribution in [0.4, 0.5) is 10.5 Å². The zero-order valence-corrected chi connectivity index (χ0v) is 22.9. The first-order valence-electron chi connectivity index (χ1n) is 13.5. The van der Waals surface area contributed by atoms with Gasteiger partial charge in [-0.15, -0.1) is 0 Å². The number of anilines is 1. The summed E-state index contributed by atoms with van der Waals surface area (Å²) in [6.07, 6.45) is 1.06. The van der Waals surface area contributed by atoms with Crippen LogP contribution in [0.5, 0.6) is 5.75 Å². The van der Waals surface area contributed by atoms with Gasteiger partial charge in [0.15, 0.2) is 5.78 Å². The summed E-state index contributed by atoms with van der Waals surface area (Å²) in [6, 6.07) is 15.6. The van der Waals surface area contributed by atoms with E-state index in [1.807, 2.05) is 87.2 Å². The lowest BCUT2D eigenvalue weighted by molar-refractivity contribution is -0.129. The molecule has 0 fully saturated rings. The number of Topliss-reactive ketones (excluding diaryl/α,β-unsaturated/α-hetero) is 1. The van der Waals surface area contributed by atoms with Gasteiger partial charge in [-0.05, 0) is 48.8 Å². The van der Waals surface area contributed by atoms with E-state index in [2.05, 4.69) is 10.6 Å². The summed E-state index contributed by atoms with van der Waals surface area (Å²) in [7, 11) is 0. The van der Waals surface area contributed by atoms with Crippen LogP contribution in [0, 0.1) is 11.8 Å². The van der Waals surface area contributed by atoms with Crippen molar-refractivity contribution < 1.29 is 23.9 Å². The molecule has 0 unspecified atom stereocenters. The number of hydrogen-bond donors (Lipinski definition) is 2. The number of carbonyl (C=O) groups excluding carboxylic acids is 3. The Bertz CT molecular complexity index is 1060. The predicted octanol–water partition coefficient (Wildman–Crippen LogP) is 4.72. The van der Waals surface area contributed by atoms with Crippen molar-refractivity contribution >= 4 is 23.5 Å². The second-order valence-corrected chi connectivity index (χ2v) is 10.6. The first-order valence-corrected chi connectivity index (χ1v) is 13.5. The van der Waals surface area contributed by atoms with Crippen LogP contribution in [-0.4, -0.2) is 49.6 Å². The minimum Gasteiger partial charge on any atom is -0.491 e. The fourth-order valence-electron chi connectivity index (χ4n) is 4.49. The molecule has 0 radical (unpaired) electrons. The average molecular weight is 524 g/mol. The van der Waals surface area contributed by atoms with Crippen LogP contribution in [0.1, 0.15) is 52.5 Å². The largest absolute Gasteiger partial charge is 0.491 e. The summed E-state index contributed by atoms with van der Waals surface area (Å²) in [5.74, 6) is 0.648. The van der Waals surface area contributed by atoms with Gasteiger partial charge < -0.3 is 25.0 Å². The Kier molecular flexibility index (Phi) is 11.0. The van der Waals surface area contributed by atoms with Crippen molar-refractivity contribution in [3.8, 4) is 5.75 Å². The fourth-order valence-corrected chi connectivity index (χ4v) is 4.49. The molecule has 1 heterocycles. The number of fused-ring (bicyclic) bond motifs is 1. The van der Waals surface area contributed by atoms with Gasteiger partial charge >= 0.3 is 6.09 Å². The lowest BCUT2D eigenvalue weighted by Crippen LogP contribution is -2.53. The van der Waals surface area contributed by atoms with Gasteiger partial charge in [0, 0.05) is 6.54 Å². The van der Waals surface area contributed by atoms with E-state index in [1.54, 1.807) is 0 Å². The topological polar surface area (TPSA) is 97.0 Å². The van der Waals surface area contributed by atoms with Gasteiger partial charge in [-0.1, -0.05) is 70.2 Å². The Morgan fingerprint density at radius 1 is 0.895 bits per heavy atom. The number of alkyl carbamates (subject to hydrolysis) is 1. The molecule has 2 N–H and O–H groups in total. The van der Waals surface area contributed by atoms with Gasteiger partial charge in [-0.2, -0.15) is 0 Å². The molecular formula is C30H41N3O5. The fraction of sp³-hybridized carbons (Fsp3) is 0.500. The van der Waals surface area contributed by atoms with Crippen molar-refractivity contribution in [2.24, 2.45) is 11.8 Å². The van der Waals surface area contributed by atoms with E-state index >= 15 is 0 Å². The lowest BCUT2D eigenvalue weighted by atomic mass is 9.98. The number of nitrogens with zero attached hydrogens (tertiary/aromatic N) is 1. The smallest absolute Gasteiger partial charge is 0.408 e. The van der Waals surface area contributed by atoms with Crippen molar-refractivity contribution in [3.63, 3.8) is 0 Å². The highest BCUT2D eigenvalue weighted by atomic mass is 16.5. The van der Waals surface area contributed by atoms with Gasteiger partial charge in [0.05, 0.1) is 24.9 Å². The minimum atomic E-state index is -0.812. The minimum absolute atomic E-state index is 0.0706. The van der Waals surface area contributed by atoms with Crippen molar-refractivity contribution in [3.05, 3.63) is 60.2 Å². The number of ether oxygens (including phenoxy) is 2. The highest BCUT2D eigenvalue weighted by Crippen LogP contribution is 2.30. The Balaban J connectivity index is 1.66. The van der Waals surface area contributed by atoms with E-state index in [9.17, 15) is 14.4 Å². The third kappa shape index (κ3) is 9.08. The zero-order chi connectivity index (χ0) is 27.5. The van der Waals surface area contributed by atoms with Crippen molar-refractivity contribution in [1.82, 2.24) is 10.6 Å². The first kappa shape index (κ1) is 29.0. The molecule has 8 nitrogen and oxygen atoms in total. The summed E-state index contributed by atoms with van der Waals surface area (Å²) in [4.78, 5) is 41.4. The molecule has 206 valence electrons. The summed E-state index contributed by atoms with van der Waals surface area (Å²) in [5, 5.41) is 5.65. The summed E-state index contributed by atoms with van der Waals surface area (Å²) >= 11 is 0. The van der Waals surface area contributed by atoms with E-state index in [0.717, 1.165) is 23.4 Å². The van der Waals surface area contributed by atoms with Gasteiger partial charge in [0.2, 0.25) is 5.91 Å². The molecule has 0 aliphatic carbocycles. The third-order valence-corrected chi connectivity index (χ3v) is 6.32. The van der Waals surface area contributed by atoms with Crippen LogP contribution in [0.2, 0.25) is 0 Å². The normalized spacial score (nSPS) is 14.6. The highest BCUT2D eigenvalue weighted by molar-refractivity contribution is 5.94. The molecule has 38 heavy (non-hydrogen) atoms. The number of para-hydroxylation sites is 2. The number of nitrogens with one attached hydrogen (secondary N) is 2. The molecule has 2 atom stereocenters. The number of hydrogen-bond acceptors (Lipinski definition) is 6. The molecule has 0 bridgehead atoms. The van der Waals surface area contributed by atoms with Crippen molar-refractivity contribution in [2.45, 2.75) is 65.6 Å². The number of ketones is 1. The SMILES string of the molecule is CC(C)C[C@H](NC(=O)[C@H](CC(C)C)NC(=O)OCc1ccccc1)C(=O)CN1CCCOc2ccccc21. The molecule has 0 saturated carbocycles.